The Kier molecular flexibility index (Phi) is 7.74. The molecule has 8 nitrogen and oxygen atoms in total. The Balaban J connectivity index is 0.00000320. The SMILES string of the molecule is CC(=O)N1c2ccc(-c3occc3C(=O)[O-])cc2C(NC(=O)OC(C)C)CC1C.[Na+]. The summed E-state index contributed by atoms with van der Waals surface area (Å²) in [5.41, 5.74) is 1.77. The van der Waals surface area contributed by atoms with E-state index in [9.17, 15) is 19.5 Å². The van der Waals surface area contributed by atoms with Gasteiger partial charge in [0, 0.05) is 29.8 Å². The molecule has 0 radical (unpaired) electrons. The fourth-order valence-electron chi connectivity index (χ4n) is 3.71. The van der Waals surface area contributed by atoms with Crippen LogP contribution in [0.4, 0.5) is 10.5 Å². The Morgan fingerprint density at radius 2 is 1.97 bits per heavy atom. The van der Waals surface area contributed by atoms with E-state index in [1.807, 2.05) is 6.92 Å². The number of rotatable bonds is 4. The minimum atomic E-state index is -1.35. The second-order valence-electron chi connectivity index (χ2n) is 7.35. The third-order valence-corrected chi connectivity index (χ3v) is 4.80. The molecule has 1 aliphatic rings. The standard InChI is InChI=1S/C21H24N2O6.Na/c1-11(2)29-21(27)22-17-9-12(3)23(13(4)24)18-6-5-14(10-16(17)18)19-15(20(25)26)7-8-28-19;/h5-8,10-12,17H,9H2,1-4H3,(H,22,27)(H,25,26);/q;+1/p-1. The monoisotopic (exact) mass is 422 g/mol. The zero-order valence-corrected chi connectivity index (χ0v) is 19.7. The molecule has 1 aliphatic heterocycles. The van der Waals surface area contributed by atoms with Gasteiger partial charge in [0.25, 0.3) is 0 Å². The number of anilines is 1. The van der Waals surface area contributed by atoms with E-state index >= 15 is 0 Å². The number of benzene rings is 1. The Labute approximate surface area is 196 Å². The number of carboxylic acid groups (broad SMARTS) is 1. The number of fused-ring (bicyclic) bond motifs is 1. The molecule has 3 rings (SSSR count). The summed E-state index contributed by atoms with van der Waals surface area (Å²) in [6.07, 6.45) is 0.927. The topological polar surface area (TPSA) is 112 Å². The molecule has 154 valence electrons. The second-order valence-corrected chi connectivity index (χ2v) is 7.35. The summed E-state index contributed by atoms with van der Waals surface area (Å²) < 4.78 is 10.5. The normalized spacial score (nSPS) is 17.7. The third-order valence-electron chi connectivity index (χ3n) is 4.80. The maximum absolute atomic E-state index is 12.2. The summed E-state index contributed by atoms with van der Waals surface area (Å²) in [7, 11) is 0. The van der Waals surface area contributed by atoms with Crippen LogP contribution in [0.2, 0.25) is 0 Å². The number of aromatic carboxylic acids is 1. The van der Waals surface area contributed by atoms with Gasteiger partial charge in [0.2, 0.25) is 5.91 Å². The smallest absolute Gasteiger partial charge is 0.545 e. The van der Waals surface area contributed by atoms with Gasteiger partial charge in [-0.1, -0.05) is 0 Å². The number of hydrogen-bond donors (Lipinski definition) is 1. The maximum atomic E-state index is 12.2. The van der Waals surface area contributed by atoms with Crippen molar-refractivity contribution in [3.05, 3.63) is 41.7 Å². The second kappa shape index (κ2) is 9.68. The van der Waals surface area contributed by atoms with E-state index in [0.29, 0.717) is 23.2 Å². The summed E-state index contributed by atoms with van der Waals surface area (Å²) in [6, 6.07) is 5.90. The largest absolute Gasteiger partial charge is 1.00 e. The molecule has 0 saturated heterocycles. The van der Waals surface area contributed by atoms with Crippen LogP contribution in [0.3, 0.4) is 0 Å². The molecule has 2 unspecified atom stereocenters. The Morgan fingerprint density at radius 1 is 1.27 bits per heavy atom. The predicted molar refractivity (Wildman–Crippen MR) is 103 cm³/mol. The van der Waals surface area contributed by atoms with E-state index in [-0.39, 0.29) is 58.9 Å². The van der Waals surface area contributed by atoms with Crippen molar-refractivity contribution in [2.75, 3.05) is 4.90 Å². The van der Waals surface area contributed by atoms with Gasteiger partial charge in [-0.15, -0.1) is 0 Å². The van der Waals surface area contributed by atoms with Crippen LogP contribution in [0, 0.1) is 0 Å². The van der Waals surface area contributed by atoms with Gasteiger partial charge in [0.1, 0.15) is 5.76 Å². The Hall–Kier alpha value is -2.29. The van der Waals surface area contributed by atoms with E-state index in [0.717, 1.165) is 0 Å². The van der Waals surface area contributed by atoms with Gasteiger partial charge in [-0.2, -0.15) is 0 Å². The minimum absolute atomic E-state index is 0. The van der Waals surface area contributed by atoms with Crippen LogP contribution >= 0.6 is 0 Å². The molecule has 1 N–H and O–H groups in total. The van der Waals surface area contributed by atoms with Gasteiger partial charge in [0.05, 0.1) is 24.4 Å². The summed E-state index contributed by atoms with van der Waals surface area (Å²) in [4.78, 5) is 37.4. The number of carboxylic acids is 1. The first-order chi connectivity index (χ1) is 13.7. The molecule has 2 heterocycles. The van der Waals surface area contributed by atoms with Crippen molar-refractivity contribution in [3.8, 4) is 11.3 Å². The average Bonchev–Trinajstić information content (AvgIpc) is 3.10. The van der Waals surface area contributed by atoms with Gasteiger partial charge < -0.3 is 29.3 Å². The summed E-state index contributed by atoms with van der Waals surface area (Å²) >= 11 is 0. The first kappa shape index (κ1) is 24.0. The van der Waals surface area contributed by atoms with E-state index in [4.69, 9.17) is 9.15 Å². The predicted octanol–water partition coefficient (Wildman–Crippen LogP) is -0.365. The van der Waals surface area contributed by atoms with Crippen molar-refractivity contribution >= 4 is 23.7 Å². The summed E-state index contributed by atoms with van der Waals surface area (Å²) in [5.74, 6) is -1.31. The van der Waals surface area contributed by atoms with Gasteiger partial charge in [-0.25, -0.2) is 4.79 Å². The van der Waals surface area contributed by atoms with Crippen LogP contribution in [0.5, 0.6) is 0 Å². The molecule has 2 amide bonds. The molecule has 0 fully saturated rings. The van der Waals surface area contributed by atoms with E-state index < -0.39 is 18.1 Å². The number of furan rings is 1. The van der Waals surface area contributed by atoms with Gasteiger partial charge in [0.15, 0.2) is 0 Å². The first-order valence-electron chi connectivity index (χ1n) is 9.39. The molecular weight excluding hydrogens is 399 g/mol. The molecule has 0 bridgehead atoms. The number of alkyl carbamates (subject to hydrolysis) is 1. The fraction of sp³-hybridized carbons (Fsp3) is 0.381. The quantitative estimate of drug-likeness (QED) is 0.674. The van der Waals surface area contributed by atoms with E-state index in [1.165, 1.54) is 19.3 Å². The number of carbonyl (C=O) groups excluding carboxylic acids is 3. The van der Waals surface area contributed by atoms with Crippen LogP contribution < -0.4 is 44.9 Å². The molecule has 0 spiro atoms. The van der Waals surface area contributed by atoms with E-state index in [1.54, 1.807) is 36.9 Å². The number of amides is 2. The summed E-state index contributed by atoms with van der Waals surface area (Å²) in [5, 5.41) is 14.2. The van der Waals surface area contributed by atoms with Crippen LogP contribution in [0.25, 0.3) is 11.3 Å². The molecule has 9 heteroatoms. The molecule has 2 atom stereocenters. The van der Waals surface area contributed by atoms with Crippen molar-refractivity contribution < 1.29 is 58.2 Å². The number of nitrogens with one attached hydrogen (secondary N) is 1. The zero-order valence-electron chi connectivity index (χ0n) is 17.7. The maximum Gasteiger partial charge on any atom is 1.00 e. The van der Waals surface area contributed by atoms with Crippen molar-refractivity contribution in [2.24, 2.45) is 0 Å². The van der Waals surface area contributed by atoms with Crippen LogP contribution in [-0.4, -0.2) is 30.1 Å². The molecule has 1 aromatic carbocycles. The first-order valence-corrected chi connectivity index (χ1v) is 9.39. The molecule has 2 aromatic rings. The van der Waals surface area contributed by atoms with Crippen molar-refractivity contribution in [1.29, 1.82) is 0 Å². The van der Waals surface area contributed by atoms with Gasteiger partial charge >= 0.3 is 35.7 Å². The zero-order chi connectivity index (χ0) is 21.3. The average molecular weight is 422 g/mol. The Morgan fingerprint density at radius 3 is 2.57 bits per heavy atom. The van der Waals surface area contributed by atoms with Gasteiger partial charge in [-0.05, 0) is 57.0 Å². The van der Waals surface area contributed by atoms with Crippen molar-refractivity contribution in [3.63, 3.8) is 0 Å². The fourth-order valence-corrected chi connectivity index (χ4v) is 3.71. The third kappa shape index (κ3) is 4.88. The van der Waals surface area contributed by atoms with Crippen molar-refractivity contribution in [2.45, 2.75) is 52.3 Å². The molecule has 30 heavy (non-hydrogen) atoms. The van der Waals surface area contributed by atoms with Gasteiger partial charge in [-0.3, -0.25) is 4.79 Å². The van der Waals surface area contributed by atoms with Crippen LogP contribution in [0.1, 0.15) is 56.1 Å². The van der Waals surface area contributed by atoms with Crippen LogP contribution in [-0.2, 0) is 9.53 Å². The van der Waals surface area contributed by atoms with Crippen molar-refractivity contribution in [1.82, 2.24) is 5.32 Å². The van der Waals surface area contributed by atoms with Crippen LogP contribution in [0.15, 0.2) is 34.9 Å². The summed E-state index contributed by atoms with van der Waals surface area (Å²) in [6.45, 7) is 6.90. The number of carbonyl (C=O) groups is 3. The molecule has 0 aliphatic carbocycles. The Bertz CT molecular complexity index is 955. The number of ether oxygens (including phenoxy) is 1. The number of nitrogens with zero attached hydrogens (tertiary/aromatic N) is 1. The molecule has 1 aromatic heterocycles. The minimum Gasteiger partial charge on any atom is -0.545 e. The number of hydrogen-bond acceptors (Lipinski definition) is 6. The molecule has 0 saturated carbocycles. The van der Waals surface area contributed by atoms with E-state index in [2.05, 4.69) is 5.32 Å². The molecular formula is C21H23N2NaO6.